The number of nitrogens with one attached hydrogen (secondary N) is 2. The number of ether oxygens (including phenoxy) is 3. The van der Waals surface area contributed by atoms with Crippen molar-refractivity contribution in [2.24, 2.45) is 0 Å². The summed E-state index contributed by atoms with van der Waals surface area (Å²) in [6.45, 7) is 0. The smallest absolute Gasteiger partial charge is 0.257 e. The van der Waals surface area contributed by atoms with E-state index < -0.39 is 0 Å². The van der Waals surface area contributed by atoms with Crippen molar-refractivity contribution in [1.82, 2.24) is 4.98 Å². The van der Waals surface area contributed by atoms with Gasteiger partial charge in [0.1, 0.15) is 11.6 Å². The van der Waals surface area contributed by atoms with E-state index in [2.05, 4.69) is 15.6 Å². The quantitative estimate of drug-likeness (QED) is 0.643. The number of carbonyl (C=O) groups excluding carboxylic acids is 1. The van der Waals surface area contributed by atoms with Gasteiger partial charge in [-0.25, -0.2) is 4.98 Å². The molecule has 0 bridgehead atoms. The molecule has 0 saturated carbocycles. The lowest BCUT2D eigenvalue weighted by molar-refractivity contribution is 0.102. The highest BCUT2D eigenvalue weighted by atomic mass is 16.5. The van der Waals surface area contributed by atoms with E-state index >= 15 is 0 Å². The zero-order chi connectivity index (χ0) is 19.9. The van der Waals surface area contributed by atoms with E-state index in [0.717, 1.165) is 5.69 Å². The zero-order valence-electron chi connectivity index (χ0n) is 15.9. The minimum atomic E-state index is -0.251. The number of anilines is 3. The van der Waals surface area contributed by atoms with Crippen LogP contribution < -0.4 is 24.8 Å². The van der Waals surface area contributed by atoms with E-state index in [1.807, 2.05) is 24.3 Å². The molecule has 28 heavy (non-hydrogen) atoms. The number of carbonyl (C=O) groups is 1. The first-order chi connectivity index (χ1) is 13.6. The van der Waals surface area contributed by atoms with Gasteiger partial charge in [0, 0.05) is 29.7 Å². The van der Waals surface area contributed by atoms with Gasteiger partial charge >= 0.3 is 0 Å². The average molecular weight is 379 g/mol. The van der Waals surface area contributed by atoms with Crippen LogP contribution in [0.1, 0.15) is 10.4 Å². The SMILES string of the molecule is COc1cccc(NC(=O)c2ccc(Nc3ccc(OC)c(OC)c3)nc2)c1. The summed E-state index contributed by atoms with van der Waals surface area (Å²) in [5.41, 5.74) is 1.89. The normalized spacial score (nSPS) is 10.1. The highest BCUT2D eigenvalue weighted by molar-refractivity contribution is 6.04. The maximum Gasteiger partial charge on any atom is 0.257 e. The van der Waals surface area contributed by atoms with E-state index in [1.54, 1.807) is 51.7 Å². The molecule has 0 aliphatic rings. The van der Waals surface area contributed by atoms with Crippen molar-refractivity contribution >= 4 is 23.1 Å². The highest BCUT2D eigenvalue weighted by Crippen LogP contribution is 2.30. The molecule has 2 N–H and O–H groups in total. The van der Waals surface area contributed by atoms with Crippen LogP contribution in [0.5, 0.6) is 17.2 Å². The van der Waals surface area contributed by atoms with Crippen molar-refractivity contribution in [2.75, 3.05) is 32.0 Å². The van der Waals surface area contributed by atoms with Crippen molar-refractivity contribution in [2.45, 2.75) is 0 Å². The summed E-state index contributed by atoms with van der Waals surface area (Å²) in [5.74, 6) is 2.28. The number of hydrogen-bond donors (Lipinski definition) is 2. The van der Waals surface area contributed by atoms with Gasteiger partial charge in [-0.05, 0) is 36.4 Å². The van der Waals surface area contributed by atoms with Gasteiger partial charge in [-0.15, -0.1) is 0 Å². The Morgan fingerprint density at radius 2 is 1.68 bits per heavy atom. The molecule has 7 heteroatoms. The van der Waals surface area contributed by atoms with Crippen molar-refractivity contribution in [3.63, 3.8) is 0 Å². The van der Waals surface area contributed by atoms with Crippen LogP contribution in [-0.2, 0) is 0 Å². The maximum absolute atomic E-state index is 12.4. The van der Waals surface area contributed by atoms with Crippen LogP contribution in [0.15, 0.2) is 60.8 Å². The standard InChI is InChI=1S/C21H21N3O4/c1-26-17-6-4-5-15(11-17)24-21(25)14-7-10-20(22-13-14)23-16-8-9-18(27-2)19(12-16)28-3/h4-13H,1-3H3,(H,22,23)(H,24,25). The number of pyridine rings is 1. The monoisotopic (exact) mass is 379 g/mol. The Labute approximate surface area is 163 Å². The first-order valence-electron chi connectivity index (χ1n) is 8.53. The number of nitrogens with zero attached hydrogens (tertiary/aromatic N) is 1. The molecule has 1 amide bonds. The van der Waals surface area contributed by atoms with Crippen LogP contribution in [0, 0.1) is 0 Å². The molecular weight excluding hydrogens is 358 g/mol. The van der Waals surface area contributed by atoms with E-state index in [0.29, 0.717) is 34.3 Å². The van der Waals surface area contributed by atoms with Crippen LogP contribution in [0.25, 0.3) is 0 Å². The number of amides is 1. The van der Waals surface area contributed by atoms with Gasteiger partial charge in [0.05, 0.1) is 26.9 Å². The molecular formula is C21H21N3O4. The Bertz CT molecular complexity index is 958. The van der Waals surface area contributed by atoms with E-state index in [1.165, 1.54) is 6.20 Å². The van der Waals surface area contributed by atoms with Crippen LogP contribution >= 0.6 is 0 Å². The minimum Gasteiger partial charge on any atom is -0.497 e. The number of methoxy groups -OCH3 is 3. The van der Waals surface area contributed by atoms with Gasteiger partial charge in [-0.1, -0.05) is 6.07 Å². The molecule has 1 heterocycles. The Morgan fingerprint density at radius 3 is 2.36 bits per heavy atom. The lowest BCUT2D eigenvalue weighted by Crippen LogP contribution is -2.12. The summed E-state index contributed by atoms with van der Waals surface area (Å²) in [5, 5.41) is 5.99. The second-order valence-corrected chi connectivity index (χ2v) is 5.81. The fourth-order valence-corrected chi connectivity index (χ4v) is 2.57. The molecule has 3 rings (SSSR count). The predicted octanol–water partition coefficient (Wildman–Crippen LogP) is 4.10. The van der Waals surface area contributed by atoms with Gasteiger partial charge in [0.2, 0.25) is 0 Å². The second kappa shape index (κ2) is 8.77. The van der Waals surface area contributed by atoms with Crippen LogP contribution in [0.3, 0.4) is 0 Å². The first-order valence-corrected chi connectivity index (χ1v) is 8.53. The Balaban J connectivity index is 1.68. The van der Waals surface area contributed by atoms with Crippen LogP contribution in [-0.4, -0.2) is 32.2 Å². The Morgan fingerprint density at radius 1 is 0.857 bits per heavy atom. The number of rotatable bonds is 7. The summed E-state index contributed by atoms with van der Waals surface area (Å²) in [6, 6.07) is 16.1. The molecule has 0 atom stereocenters. The minimum absolute atomic E-state index is 0.251. The lowest BCUT2D eigenvalue weighted by atomic mass is 10.2. The maximum atomic E-state index is 12.4. The van der Waals surface area contributed by atoms with Gasteiger partial charge in [-0.3, -0.25) is 4.79 Å². The first kappa shape index (κ1) is 19.0. The van der Waals surface area contributed by atoms with E-state index in [9.17, 15) is 4.79 Å². The predicted molar refractivity (Wildman–Crippen MR) is 108 cm³/mol. The lowest BCUT2D eigenvalue weighted by Gasteiger charge is -2.11. The summed E-state index contributed by atoms with van der Waals surface area (Å²) in [4.78, 5) is 16.7. The largest absolute Gasteiger partial charge is 0.497 e. The molecule has 0 aliphatic heterocycles. The number of aromatic nitrogens is 1. The van der Waals surface area contributed by atoms with Gasteiger partial charge in [0.15, 0.2) is 11.5 Å². The van der Waals surface area contributed by atoms with Crippen molar-refractivity contribution < 1.29 is 19.0 Å². The highest BCUT2D eigenvalue weighted by Gasteiger charge is 2.09. The number of hydrogen-bond acceptors (Lipinski definition) is 6. The van der Waals surface area contributed by atoms with E-state index in [4.69, 9.17) is 14.2 Å². The third kappa shape index (κ3) is 4.50. The molecule has 3 aromatic rings. The Hall–Kier alpha value is -3.74. The fourth-order valence-electron chi connectivity index (χ4n) is 2.57. The van der Waals surface area contributed by atoms with Gasteiger partial charge in [-0.2, -0.15) is 0 Å². The van der Waals surface area contributed by atoms with Crippen molar-refractivity contribution in [3.8, 4) is 17.2 Å². The molecule has 0 saturated heterocycles. The summed E-state index contributed by atoms with van der Waals surface area (Å²) >= 11 is 0. The third-order valence-electron chi connectivity index (χ3n) is 4.01. The molecule has 0 radical (unpaired) electrons. The van der Waals surface area contributed by atoms with Crippen molar-refractivity contribution in [3.05, 3.63) is 66.4 Å². The van der Waals surface area contributed by atoms with Gasteiger partial charge in [0.25, 0.3) is 5.91 Å². The zero-order valence-corrected chi connectivity index (χ0v) is 15.9. The Kier molecular flexibility index (Phi) is 5.96. The third-order valence-corrected chi connectivity index (χ3v) is 4.01. The molecule has 144 valence electrons. The molecule has 0 unspecified atom stereocenters. The van der Waals surface area contributed by atoms with E-state index in [-0.39, 0.29) is 5.91 Å². The molecule has 0 spiro atoms. The van der Waals surface area contributed by atoms with Crippen LogP contribution in [0.2, 0.25) is 0 Å². The molecule has 1 aromatic heterocycles. The van der Waals surface area contributed by atoms with Gasteiger partial charge < -0.3 is 24.8 Å². The molecule has 0 fully saturated rings. The summed E-state index contributed by atoms with van der Waals surface area (Å²) in [6.07, 6.45) is 1.51. The second-order valence-electron chi connectivity index (χ2n) is 5.81. The summed E-state index contributed by atoms with van der Waals surface area (Å²) < 4.78 is 15.7. The molecule has 0 aliphatic carbocycles. The molecule has 7 nitrogen and oxygen atoms in total. The van der Waals surface area contributed by atoms with Crippen LogP contribution in [0.4, 0.5) is 17.2 Å². The number of benzene rings is 2. The average Bonchev–Trinajstić information content (AvgIpc) is 2.74. The fraction of sp³-hybridized carbons (Fsp3) is 0.143. The van der Waals surface area contributed by atoms with Crippen molar-refractivity contribution in [1.29, 1.82) is 0 Å². The molecule has 2 aromatic carbocycles. The summed E-state index contributed by atoms with van der Waals surface area (Å²) in [7, 11) is 4.74. The topological polar surface area (TPSA) is 81.7 Å².